The lowest BCUT2D eigenvalue weighted by Gasteiger charge is -2.34. The van der Waals surface area contributed by atoms with Gasteiger partial charge in [-0.3, -0.25) is 4.99 Å². The minimum atomic E-state index is 0.597. The molecule has 0 radical (unpaired) electrons. The quantitative estimate of drug-likeness (QED) is 0.110. The highest BCUT2D eigenvalue weighted by molar-refractivity contribution is 6.04. The van der Waals surface area contributed by atoms with Gasteiger partial charge in [0, 0.05) is 56.4 Å². The van der Waals surface area contributed by atoms with Crippen LogP contribution in [0.5, 0.6) is 0 Å². The minimum Gasteiger partial charge on any atom is -0.335 e. The normalized spacial score (nSPS) is 13.3. The zero-order valence-corrected chi connectivity index (χ0v) is 31.0. The van der Waals surface area contributed by atoms with Crippen molar-refractivity contribution >= 4 is 52.4 Å². The highest BCUT2D eigenvalue weighted by Crippen LogP contribution is 2.47. The van der Waals surface area contributed by atoms with Crippen LogP contribution in [-0.4, -0.2) is 26.2 Å². The summed E-state index contributed by atoms with van der Waals surface area (Å²) in [6.07, 6.45) is 13.8. The van der Waals surface area contributed by atoms with Crippen LogP contribution in [0.25, 0.3) is 68.2 Å². The summed E-state index contributed by atoms with van der Waals surface area (Å²) in [4.78, 5) is 21.5. The molecule has 266 valence electrons. The van der Waals surface area contributed by atoms with Gasteiger partial charge in [-0.05, 0) is 74.7 Å². The van der Waals surface area contributed by atoms with Gasteiger partial charge in [0.1, 0.15) is 0 Å². The highest BCUT2D eigenvalue weighted by atomic mass is 15.2. The molecule has 6 nitrogen and oxygen atoms in total. The summed E-state index contributed by atoms with van der Waals surface area (Å²) in [5, 5.41) is 3.40. The van der Waals surface area contributed by atoms with Gasteiger partial charge in [-0.1, -0.05) is 122 Å². The van der Waals surface area contributed by atoms with Crippen molar-refractivity contribution in [3.63, 3.8) is 0 Å². The Balaban J connectivity index is 1.32. The Morgan fingerprint density at radius 2 is 1.42 bits per heavy atom. The number of allylic oxidation sites excluding steroid dienone is 6. The first-order chi connectivity index (χ1) is 27.1. The van der Waals surface area contributed by atoms with Crippen molar-refractivity contribution in [3.05, 3.63) is 181 Å². The zero-order chi connectivity index (χ0) is 37.9. The van der Waals surface area contributed by atoms with Crippen LogP contribution in [0.4, 0.5) is 17.1 Å². The Morgan fingerprint density at radius 3 is 2.11 bits per heavy atom. The lowest BCUT2D eigenvalue weighted by atomic mass is 9.90. The molecule has 0 bridgehead atoms. The number of hydrogen-bond acceptors (Lipinski definition) is 5. The standard InChI is InChI=1S/C49H40N6/c1-6-10-19-33(8-3)47-51-48(34-20-12-11-13-21-34)53-49(52-47)35-26-29-37(30-27-35)55-43(18-7-2)38(9-4)39-31-28-36-32-54(44-25-17-15-23-41(44)50-5)42-24-16-14-22-40(42)45(36)46(39)55/h6-31H,1-2,5,32H2,3-4H3/b19-10-,33-8+,38-9-,43-18+. The fourth-order valence-electron chi connectivity index (χ4n) is 7.54. The maximum Gasteiger partial charge on any atom is 0.164 e. The minimum absolute atomic E-state index is 0.597. The average molecular weight is 713 g/mol. The van der Waals surface area contributed by atoms with E-state index in [-0.39, 0.29) is 0 Å². The van der Waals surface area contributed by atoms with Gasteiger partial charge in [0.15, 0.2) is 17.5 Å². The Hall–Kier alpha value is -7.18. The van der Waals surface area contributed by atoms with Gasteiger partial charge >= 0.3 is 0 Å². The van der Waals surface area contributed by atoms with Crippen LogP contribution in [0.1, 0.15) is 25.2 Å². The van der Waals surface area contributed by atoms with E-state index >= 15 is 0 Å². The van der Waals surface area contributed by atoms with E-state index in [0.717, 1.165) is 61.1 Å². The summed E-state index contributed by atoms with van der Waals surface area (Å²) in [6.45, 7) is 16.6. The second-order valence-electron chi connectivity index (χ2n) is 13.1. The topological polar surface area (TPSA) is 59.2 Å². The number of fused-ring (bicyclic) bond motifs is 5. The Morgan fingerprint density at radius 1 is 0.727 bits per heavy atom. The van der Waals surface area contributed by atoms with Gasteiger partial charge < -0.3 is 9.47 Å². The summed E-state index contributed by atoms with van der Waals surface area (Å²) in [5.41, 5.74) is 11.5. The number of anilines is 2. The van der Waals surface area contributed by atoms with E-state index in [9.17, 15) is 0 Å². The van der Waals surface area contributed by atoms with E-state index < -0.39 is 0 Å². The molecular weight excluding hydrogens is 673 g/mol. The van der Waals surface area contributed by atoms with Crippen LogP contribution < -0.4 is 15.5 Å². The van der Waals surface area contributed by atoms with Crippen LogP contribution in [0.15, 0.2) is 164 Å². The van der Waals surface area contributed by atoms with E-state index in [2.05, 4.69) is 126 Å². The summed E-state index contributed by atoms with van der Waals surface area (Å²) in [5.74, 6) is 1.81. The number of hydrogen-bond donors (Lipinski definition) is 0. The van der Waals surface area contributed by atoms with E-state index in [4.69, 9.17) is 15.0 Å². The van der Waals surface area contributed by atoms with Gasteiger partial charge in [0.05, 0.1) is 22.2 Å². The van der Waals surface area contributed by atoms with Crippen molar-refractivity contribution in [3.8, 4) is 39.6 Å². The van der Waals surface area contributed by atoms with Crippen molar-refractivity contribution in [2.75, 3.05) is 4.90 Å². The van der Waals surface area contributed by atoms with E-state index in [0.29, 0.717) is 24.0 Å². The molecule has 0 fully saturated rings. The zero-order valence-electron chi connectivity index (χ0n) is 31.0. The number of aliphatic imine (C=N–C) groups is 1. The van der Waals surface area contributed by atoms with Gasteiger partial charge in [0.2, 0.25) is 0 Å². The third-order valence-electron chi connectivity index (χ3n) is 10.0. The molecule has 0 aliphatic carbocycles. The van der Waals surface area contributed by atoms with E-state index in [1.54, 1.807) is 6.08 Å². The molecule has 7 aromatic rings. The second kappa shape index (κ2) is 15.0. The molecule has 1 aliphatic heterocycles. The lowest BCUT2D eigenvalue weighted by Crippen LogP contribution is -2.28. The predicted octanol–water partition coefficient (Wildman–Crippen LogP) is 10.7. The second-order valence-corrected chi connectivity index (χ2v) is 13.1. The third kappa shape index (κ3) is 6.24. The summed E-state index contributed by atoms with van der Waals surface area (Å²) < 4.78 is 2.37. The summed E-state index contributed by atoms with van der Waals surface area (Å²) >= 11 is 0. The van der Waals surface area contributed by atoms with Crippen LogP contribution in [-0.2, 0) is 6.54 Å². The van der Waals surface area contributed by atoms with Crippen molar-refractivity contribution < 1.29 is 0 Å². The van der Waals surface area contributed by atoms with Crippen LogP contribution in [0.3, 0.4) is 0 Å². The van der Waals surface area contributed by atoms with Crippen LogP contribution in [0, 0.1) is 0 Å². The number of para-hydroxylation sites is 3. The molecule has 0 amide bonds. The third-order valence-corrected chi connectivity index (χ3v) is 10.0. The lowest BCUT2D eigenvalue weighted by molar-refractivity contribution is 0.960. The van der Waals surface area contributed by atoms with Gasteiger partial charge in [-0.25, -0.2) is 15.0 Å². The first-order valence-electron chi connectivity index (χ1n) is 18.3. The van der Waals surface area contributed by atoms with Crippen LogP contribution in [0.2, 0.25) is 0 Å². The fourth-order valence-corrected chi connectivity index (χ4v) is 7.54. The van der Waals surface area contributed by atoms with E-state index in [1.807, 2.05) is 73.7 Å². The van der Waals surface area contributed by atoms with Crippen LogP contribution >= 0.6 is 0 Å². The molecule has 55 heavy (non-hydrogen) atoms. The van der Waals surface area contributed by atoms with Gasteiger partial charge in [-0.2, -0.15) is 0 Å². The Kier molecular flexibility index (Phi) is 9.54. The molecule has 5 aromatic carbocycles. The largest absolute Gasteiger partial charge is 0.335 e. The molecule has 0 saturated carbocycles. The van der Waals surface area contributed by atoms with Crippen molar-refractivity contribution in [2.24, 2.45) is 4.99 Å². The molecule has 0 atom stereocenters. The Labute approximate surface area is 321 Å². The highest BCUT2D eigenvalue weighted by Gasteiger charge is 2.28. The van der Waals surface area contributed by atoms with Crippen molar-refractivity contribution in [2.45, 2.75) is 20.4 Å². The molecule has 0 N–H and O–H groups in total. The summed E-state index contributed by atoms with van der Waals surface area (Å²) in [6, 6.07) is 39.9. The fraction of sp³-hybridized carbons (Fsp3) is 0.0612. The molecule has 6 heteroatoms. The first kappa shape index (κ1) is 34.9. The Bertz CT molecular complexity index is 2800. The van der Waals surface area contributed by atoms with Gasteiger partial charge in [-0.15, -0.1) is 0 Å². The number of nitrogens with zero attached hydrogens (tertiary/aromatic N) is 6. The molecule has 3 heterocycles. The molecule has 0 saturated heterocycles. The van der Waals surface area contributed by atoms with Crippen molar-refractivity contribution in [1.82, 2.24) is 19.5 Å². The van der Waals surface area contributed by atoms with Crippen molar-refractivity contribution in [1.29, 1.82) is 0 Å². The maximum absolute atomic E-state index is 4.97. The summed E-state index contributed by atoms with van der Waals surface area (Å²) in [7, 11) is 0. The monoisotopic (exact) mass is 712 g/mol. The molecule has 8 rings (SSSR count). The number of benzene rings is 5. The SMILES string of the molecule is C=C/C=C\C(=C/C)c1nc(-c2ccccc2)nc(-c2ccc(-n3c(=C/C=C)/c(=C\C)c4ccc5c(c43)-c3ccccc3N(c3ccccc3N=C)C5)cc2)n1. The smallest absolute Gasteiger partial charge is 0.164 e. The predicted molar refractivity (Wildman–Crippen MR) is 232 cm³/mol. The molecule has 0 unspecified atom stereocenters. The molecule has 0 spiro atoms. The maximum atomic E-state index is 4.97. The molecule has 1 aliphatic rings. The average Bonchev–Trinajstić information content (AvgIpc) is 3.56. The number of aromatic nitrogens is 4. The number of rotatable bonds is 9. The first-order valence-corrected chi connectivity index (χ1v) is 18.3. The van der Waals surface area contributed by atoms with Gasteiger partial charge in [0.25, 0.3) is 0 Å². The molecular formula is C49H40N6. The molecule has 2 aromatic heterocycles. The van der Waals surface area contributed by atoms with E-state index in [1.165, 1.54) is 16.5 Å².